The summed E-state index contributed by atoms with van der Waals surface area (Å²) < 4.78 is 24.6. The van der Waals surface area contributed by atoms with Gasteiger partial charge in [0.1, 0.15) is 0 Å². The highest BCUT2D eigenvalue weighted by atomic mass is 79.9. The van der Waals surface area contributed by atoms with Crippen LogP contribution in [0, 0.1) is 0 Å². The van der Waals surface area contributed by atoms with Crippen molar-refractivity contribution in [2.24, 2.45) is 0 Å². The van der Waals surface area contributed by atoms with E-state index in [0.717, 1.165) is 20.9 Å². The highest BCUT2D eigenvalue weighted by molar-refractivity contribution is 9.10. The first-order valence-corrected chi connectivity index (χ1v) is 9.05. The Morgan fingerprint density at radius 1 is 1.10 bits per heavy atom. The Kier molecular flexibility index (Phi) is 4.70. The van der Waals surface area contributed by atoms with Crippen LogP contribution in [-0.2, 0) is 9.84 Å². The van der Waals surface area contributed by atoms with E-state index in [0.29, 0.717) is 6.54 Å². The van der Waals surface area contributed by atoms with Crippen molar-refractivity contribution in [2.45, 2.75) is 19.1 Å². The maximum absolute atomic E-state index is 11.8. The van der Waals surface area contributed by atoms with Crippen LogP contribution in [-0.4, -0.2) is 26.0 Å². The number of rotatable bonds is 5. The molecule has 0 spiro atoms. The minimum Gasteiger partial charge on any atom is -0.384 e. The second-order valence-electron chi connectivity index (χ2n) is 4.98. The third-order valence-electron chi connectivity index (χ3n) is 3.29. The lowest BCUT2D eigenvalue weighted by Gasteiger charge is -2.12. The van der Waals surface area contributed by atoms with Crippen LogP contribution in [0.15, 0.2) is 40.9 Å². The third kappa shape index (κ3) is 3.33. The number of nitrogens with one attached hydrogen (secondary N) is 1. The SMILES string of the molecule is CC(C)S(=O)(=O)CCNc1ccc(Br)c2ccccc12. The zero-order chi connectivity index (χ0) is 14.8. The molecule has 0 bridgehead atoms. The molecule has 0 radical (unpaired) electrons. The summed E-state index contributed by atoms with van der Waals surface area (Å²) in [5.74, 6) is 0.148. The summed E-state index contributed by atoms with van der Waals surface area (Å²) in [5.41, 5.74) is 0.961. The fraction of sp³-hybridized carbons (Fsp3) is 0.333. The van der Waals surface area contributed by atoms with Gasteiger partial charge in [-0.3, -0.25) is 0 Å². The van der Waals surface area contributed by atoms with Gasteiger partial charge in [0.25, 0.3) is 0 Å². The molecule has 0 atom stereocenters. The summed E-state index contributed by atoms with van der Waals surface area (Å²) in [6.07, 6.45) is 0. The number of anilines is 1. The van der Waals surface area contributed by atoms with Gasteiger partial charge in [-0.15, -0.1) is 0 Å². The first-order chi connectivity index (χ1) is 9.42. The molecule has 0 unspecified atom stereocenters. The molecular weight excluding hydrogens is 338 g/mol. The monoisotopic (exact) mass is 355 g/mol. The normalized spacial score (nSPS) is 12.0. The van der Waals surface area contributed by atoms with E-state index < -0.39 is 9.84 Å². The maximum atomic E-state index is 11.8. The summed E-state index contributed by atoms with van der Waals surface area (Å²) in [4.78, 5) is 0. The molecule has 0 saturated carbocycles. The van der Waals surface area contributed by atoms with Crippen molar-refractivity contribution in [2.75, 3.05) is 17.6 Å². The lowest BCUT2D eigenvalue weighted by molar-refractivity contribution is 0.588. The number of hydrogen-bond acceptors (Lipinski definition) is 3. The molecule has 2 rings (SSSR count). The third-order valence-corrected chi connectivity index (χ3v) is 6.19. The first kappa shape index (κ1) is 15.3. The standard InChI is InChI=1S/C15H18BrNO2S/c1-11(2)20(18,19)10-9-17-15-8-7-14(16)12-5-3-4-6-13(12)15/h3-8,11,17H,9-10H2,1-2H3. The van der Waals surface area contributed by atoms with Gasteiger partial charge in [-0.1, -0.05) is 40.2 Å². The van der Waals surface area contributed by atoms with Crippen LogP contribution in [0.4, 0.5) is 5.69 Å². The van der Waals surface area contributed by atoms with Gasteiger partial charge in [0.2, 0.25) is 0 Å². The van der Waals surface area contributed by atoms with E-state index >= 15 is 0 Å². The lowest BCUT2D eigenvalue weighted by atomic mass is 10.1. The largest absolute Gasteiger partial charge is 0.384 e. The summed E-state index contributed by atoms with van der Waals surface area (Å²) >= 11 is 3.53. The van der Waals surface area contributed by atoms with E-state index in [4.69, 9.17) is 0 Å². The molecule has 1 N–H and O–H groups in total. The van der Waals surface area contributed by atoms with Crippen molar-refractivity contribution in [1.29, 1.82) is 0 Å². The average Bonchev–Trinajstić information content (AvgIpc) is 2.41. The molecule has 108 valence electrons. The zero-order valence-corrected chi connectivity index (χ0v) is 14.0. The van der Waals surface area contributed by atoms with E-state index in [1.165, 1.54) is 0 Å². The fourth-order valence-corrected chi connectivity index (χ4v) is 3.32. The number of fused-ring (bicyclic) bond motifs is 1. The fourth-order valence-electron chi connectivity index (χ4n) is 1.98. The Labute approximate surface area is 128 Å². The molecule has 0 fully saturated rings. The first-order valence-electron chi connectivity index (χ1n) is 6.54. The molecule has 0 aliphatic carbocycles. The van der Waals surface area contributed by atoms with Gasteiger partial charge in [-0.25, -0.2) is 8.42 Å². The van der Waals surface area contributed by atoms with Crippen LogP contribution in [0.3, 0.4) is 0 Å². The summed E-state index contributed by atoms with van der Waals surface area (Å²) in [6.45, 7) is 3.85. The summed E-state index contributed by atoms with van der Waals surface area (Å²) in [7, 11) is -3.00. The van der Waals surface area contributed by atoms with Gasteiger partial charge in [0.05, 0.1) is 11.0 Å². The average molecular weight is 356 g/mol. The molecule has 5 heteroatoms. The highest BCUT2D eigenvalue weighted by Crippen LogP contribution is 2.29. The van der Waals surface area contributed by atoms with Gasteiger partial charge >= 0.3 is 0 Å². The molecule has 0 heterocycles. The number of halogens is 1. The quantitative estimate of drug-likeness (QED) is 0.886. The lowest BCUT2D eigenvalue weighted by Crippen LogP contribution is -2.22. The predicted molar refractivity (Wildman–Crippen MR) is 89.1 cm³/mol. The van der Waals surface area contributed by atoms with Crippen molar-refractivity contribution < 1.29 is 8.42 Å². The minimum absolute atomic E-state index is 0.148. The Bertz CT molecular complexity index is 711. The number of benzene rings is 2. The Hall–Kier alpha value is -1.07. The minimum atomic E-state index is -3.00. The van der Waals surface area contributed by atoms with Crippen molar-refractivity contribution in [3.05, 3.63) is 40.9 Å². The van der Waals surface area contributed by atoms with E-state index in [-0.39, 0.29) is 11.0 Å². The van der Waals surface area contributed by atoms with Gasteiger partial charge in [0.15, 0.2) is 9.84 Å². The van der Waals surface area contributed by atoms with Crippen LogP contribution in [0.1, 0.15) is 13.8 Å². The topological polar surface area (TPSA) is 46.2 Å². The van der Waals surface area contributed by atoms with E-state index in [1.807, 2.05) is 36.4 Å². The van der Waals surface area contributed by atoms with Crippen LogP contribution < -0.4 is 5.32 Å². The van der Waals surface area contributed by atoms with Gasteiger partial charge in [-0.05, 0) is 31.4 Å². The summed E-state index contributed by atoms with van der Waals surface area (Å²) in [6, 6.07) is 12.0. The molecule has 20 heavy (non-hydrogen) atoms. The Balaban J connectivity index is 2.17. The molecule has 3 nitrogen and oxygen atoms in total. The maximum Gasteiger partial charge on any atom is 0.154 e. The predicted octanol–water partition coefficient (Wildman–Crippen LogP) is 3.84. The van der Waals surface area contributed by atoms with Gasteiger partial charge in [0, 0.05) is 22.1 Å². The molecule has 0 saturated heterocycles. The second-order valence-corrected chi connectivity index (χ2v) is 8.51. The molecule has 0 aliphatic rings. The Morgan fingerprint density at radius 2 is 1.75 bits per heavy atom. The highest BCUT2D eigenvalue weighted by Gasteiger charge is 2.15. The number of hydrogen-bond donors (Lipinski definition) is 1. The smallest absolute Gasteiger partial charge is 0.154 e. The van der Waals surface area contributed by atoms with E-state index in [1.54, 1.807) is 13.8 Å². The Morgan fingerprint density at radius 3 is 2.40 bits per heavy atom. The molecule has 0 aromatic heterocycles. The van der Waals surface area contributed by atoms with Gasteiger partial charge < -0.3 is 5.32 Å². The van der Waals surface area contributed by atoms with Crippen LogP contribution in [0.2, 0.25) is 0 Å². The van der Waals surface area contributed by atoms with E-state index in [2.05, 4.69) is 21.2 Å². The van der Waals surface area contributed by atoms with Crippen LogP contribution >= 0.6 is 15.9 Å². The van der Waals surface area contributed by atoms with Gasteiger partial charge in [-0.2, -0.15) is 0 Å². The number of sulfone groups is 1. The zero-order valence-electron chi connectivity index (χ0n) is 11.6. The summed E-state index contributed by atoms with van der Waals surface area (Å²) in [5, 5.41) is 5.10. The molecular formula is C15H18BrNO2S. The molecule has 0 aliphatic heterocycles. The van der Waals surface area contributed by atoms with E-state index in [9.17, 15) is 8.42 Å². The van der Waals surface area contributed by atoms with Crippen LogP contribution in [0.25, 0.3) is 10.8 Å². The van der Waals surface area contributed by atoms with Crippen molar-refractivity contribution >= 4 is 42.2 Å². The molecule has 2 aromatic rings. The molecule has 0 amide bonds. The van der Waals surface area contributed by atoms with Crippen molar-refractivity contribution in [1.82, 2.24) is 0 Å². The van der Waals surface area contributed by atoms with Crippen molar-refractivity contribution in [3.63, 3.8) is 0 Å². The molecule has 2 aromatic carbocycles. The van der Waals surface area contributed by atoms with Crippen LogP contribution in [0.5, 0.6) is 0 Å². The second kappa shape index (κ2) is 6.14. The van der Waals surface area contributed by atoms with Crippen molar-refractivity contribution in [3.8, 4) is 0 Å².